The third kappa shape index (κ3) is 3.31. The van der Waals surface area contributed by atoms with Gasteiger partial charge in [0, 0.05) is 17.6 Å². The Morgan fingerprint density at radius 2 is 2.06 bits per heavy atom. The van der Waals surface area contributed by atoms with Gasteiger partial charge in [-0.25, -0.2) is 4.98 Å². The van der Waals surface area contributed by atoms with Crippen molar-refractivity contribution in [1.82, 2.24) is 10.3 Å². The molecule has 0 bridgehead atoms. The number of ether oxygens (including phenoxy) is 1. The summed E-state index contributed by atoms with van der Waals surface area (Å²) in [5, 5.41) is 4.61. The Morgan fingerprint density at radius 3 is 2.61 bits per heavy atom. The number of aryl methyl sites for hydroxylation is 1. The topological polar surface area (TPSA) is 34.1 Å². The van der Waals surface area contributed by atoms with Crippen molar-refractivity contribution in [1.29, 1.82) is 0 Å². The lowest BCUT2D eigenvalue weighted by Gasteiger charge is -2.11. The van der Waals surface area contributed by atoms with Crippen LogP contribution >= 0.6 is 11.3 Å². The lowest BCUT2D eigenvalue weighted by molar-refractivity contribution is 0.414. The summed E-state index contributed by atoms with van der Waals surface area (Å²) in [7, 11) is 1.68. The molecule has 0 saturated carbocycles. The minimum Gasteiger partial charge on any atom is -0.497 e. The number of nitrogens with zero attached hydrogens (tertiary/aromatic N) is 1. The van der Waals surface area contributed by atoms with Crippen LogP contribution in [-0.2, 0) is 6.54 Å². The third-order valence-corrected chi connectivity index (χ3v) is 3.88. The van der Waals surface area contributed by atoms with Crippen LogP contribution in [0.25, 0.3) is 0 Å². The molecule has 0 amide bonds. The van der Waals surface area contributed by atoms with Gasteiger partial charge in [-0.1, -0.05) is 12.1 Å². The molecule has 1 aromatic carbocycles. The molecular formula is C14H18N2OS. The summed E-state index contributed by atoms with van der Waals surface area (Å²) in [6.07, 6.45) is 1.92. The van der Waals surface area contributed by atoms with Crippen molar-refractivity contribution < 1.29 is 4.74 Å². The second-order valence-electron chi connectivity index (χ2n) is 4.26. The summed E-state index contributed by atoms with van der Waals surface area (Å²) < 4.78 is 5.14. The summed E-state index contributed by atoms with van der Waals surface area (Å²) in [6.45, 7) is 5.06. The zero-order chi connectivity index (χ0) is 13.0. The van der Waals surface area contributed by atoms with E-state index in [-0.39, 0.29) is 6.04 Å². The van der Waals surface area contributed by atoms with E-state index in [0.29, 0.717) is 0 Å². The molecule has 0 aliphatic heterocycles. The molecule has 4 heteroatoms. The van der Waals surface area contributed by atoms with E-state index < -0.39 is 0 Å². The number of hydrogen-bond acceptors (Lipinski definition) is 4. The van der Waals surface area contributed by atoms with E-state index in [1.807, 2.05) is 18.3 Å². The Bertz CT molecular complexity index is 493. The zero-order valence-corrected chi connectivity index (χ0v) is 11.8. The number of thiazole rings is 1. The maximum atomic E-state index is 5.14. The molecule has 96 valence electrons. The SMILES string of the molecule is COc1ccc(CN[C@@H](C)c2ncc(C)s2)cc1. The summed E-state index contributed by atoms with van der Waals surface area (Å²) in [6, 6.07) is 8.40. The molecule has 1 N–H and O–H groups in total. The van der Waals surface area contributed by atoms with Crippen molar-refractivity contribution in [3.63, 3.8) is 0 Å². The second kappa shape index (κ2) is 5.98. The van der Waals surface area contributed by atoms with E-state index in [0.717, 1.165) is 17.3 Å². The van der Waals surface area contributed by atoms with E-state index >= 15 is 0 Å². The van der Waals surface area contributed by atoms with Crippen molar-refractivity contribution in [3.8, 4) is 5.75 Å². The van der Waals surface area contributed by atoms with E-state index in [1.165, 1.54) is 10.4 Å². The smallest absolute Gasteiger partial charge is 0.118 e. The van der Waals surface area contributed by atoms with Gasteiger partial charge in [0.2, 0.25) is 0 Å². The van der Waals surface area contributed by atoms with Crippen LogP contribution in [0.1, 0.15) is 28.4 Å². The van der Waals surface area contributed by atoms with Gasteiger partial charge in [-0.3, -0.25) is 0 Å². The molecule has 0 aliphatic rings. The molecule has 1 heterocycles. The average Bonchev–Trinajstić information content (AvgIpc) is 2.83. The lowest BCUT2D eigenvalue weighted by atomic mass is 10.2. The van der Waals surface area contributed by atoms with Crippen molar-refractivity contribution >= 4 is 11.3 Å². The molecule has 1 aromatic heterocycles. The number of rotatable bonds is 5. The minimum atomic E-state index is 0.283. The fraction of sp³-hybridized carbons (Fsp3) is 0.357. The molecule has 2 aromatic rings. The molecule has 0 unspecified atom stereocenters. The number of nitrogens with one attached hydrogen (secondary N) is 1. The number of aromatic nitrogens is 1. The van der Waals surface area contributed by atoms with E-state index in [9.17, 15) is 0 Å². The van der Waals surface area contributed by atoms with Crippen LogP contribution in [0.2, 0.25) is 0 Å². The number of hydrogen-bond donors (Lipinski definition) is 1. The molecule has 0 saturated heterocycles. The van der Waals surface area contributed by atoms with Gasteiger partial charge in [0.1, 0.15) is 10.8 Å². The largest absolute Gasteiger partial charge is 0.497 e. The fourth-order valence-electron chi connectivity index (χ4n) is 1.67. The predicted octanol–water partition coefficient (Wildman–Crippen LogP) is 3.31. The minimum absolute atomic E-state index is 0.283. The van der Waals surface area contributed by atoms with Gasteiger partial charge < -0.3 is 10.1 Å². The Labute approximate surface area is 112 Å². The van der Waals surface area contributed by atoms with Gasteiger partial charge in [0.05, 0.1) is 13.2 Å². The summed E-state index contributed by atoms with van der Waals surface area (Å²) in [4.78, 5) is 5.64. The molecule has 0 radical (unpaired) electrons. The Hall–Kier alpha value is -1.39. The quantitative estimate of drug-likeness (QED) is 0.897. The zero-order valence-electron chi connectivity index (χ0n) is 10.9. The summed E-state index contributed by atoms with van der Waals surface area (Å²) in [5.41, 5.74) is 1.25. The van der Waals surface area contributed by atoms with Gasteiger partial charge in [-0.2, -0.15) is 0 Å². The highest BCUT2D eigenvalue weighted by Gasteiger charge is 2.08. The summed E-state index contributed by atoms with van der Waals surface area (Å²) >= 11 is 1.74. The molecule has 2 rings (SSSR count). The Morgan fingerprint density at radius 1 is 1.33 bits per heavy atom. The predicted molar refractivity (Wildman–Crippen MR) is 75.1 cm³/mol. The second-order valence-corrected chi connectivity index (χ2v) is 5.53. The van der Waals surface area contributed by atoms with Crippen molar-refractivity contribution in [2.75, 3.05) is 7.11 Å². The number of methoxy groups -OCH3 is 1. The van der Waals surface area contributed by atoms with Crippen LogP contribution in [0.3, 0.4) is 0 Å². The van der Waals surface area contributed by atoms with Crippen LogP contribution in [-0.4, -0.2) is 12.1 Å². The maximum absolute atomic E-state index is 5.14. The molecule has 0 aliphatic carbocycles. The molecule has 3 nitrogen and oxygen atoms in total. The van der Waals surface area contributed by atoms with Gasteiger partial charge in [-0.05, 0) is 31.5 Å². The molecule has 0 spiro atoms. The van der Waals surface area contributed by atoms with Crippen LogP contribution in [0, 0.1) is 6.92 Å². The summed E-state index contributed by atoms with van der Waals surface area (Å²) in [5.74, 6) is 0.891. The molecular weight excluding hydrogens is 244 g/mol. The van der Waals surface area contributed by atoms with Gasteiger partial charge in [-0.15, -0.1) is 11.3 Å². The standard InChI is InChI=1S/C14H18N2OS/c1-10-8-16-14(18-10)11(2)15-9-12-4-6-13(17-3)7-5-12/h4-8,11,15H,9H2,1-3H3/t11-/m0/s1. The Kier molecular flexibility index (Phi) is 4.33. The first-order chi connectivity index (χ1) is 8.69. The first kappa shape index (κ1) is 13.1. The first-order valence-corrected chi connectivity index (χ1v) is 6.79. The third-order valence-electron chi connectivity index (χ3n) is 2.78. The van der Waals surface area contributed by atoms with E-state index in [1.54, 1.807) is 18.4 Å². The van der Waals surface area contributed by atoms with Crippen LogP contribution in [0.5, 0.6) is 5.75 Å². The first-order valence-electron chi connectivity index (χ1n) is 5.97. The van der Waals surface area contributed by atoms with Gasteiger partial charge in [0.15, 0.2) is 0 Å². The normalized spacial score (nSPS) is 12.4. The lowest BCUT2D eigenvalue weighted by Crippen LogP contribution is -2.17. The Balaban J connectivity index is 1.90. The highest BCUT2D eigenvalue weighted by Crippen LogP contribution is 2.19. The molecule has 18 heavy (non-hydrogen) atoms. The highest BCUT2D eigenvalue weighted by atomic mass is 32.1. The van der Waals surface area contributed by atoms with Crippen LogP contribution in [0.15, 0.2) is 30.5 Å². The van der Waals surface area contributed by atoms with Crippen molar-refractivity contribution in [2.24, 2.45) is 0 Å². The highest BCUT2D eigenvalue weighted by molar-refractivity contribution is 7.11. The maximum Gasteiger partial charge on any atom is 0.118 e. The van der Waals surface area contributed by atoms with Gasteiger partial charge in [0.25, 0.3) is 0 Å². The molecule has 1 atom stereocenters. The number of benzene rings is 1. The van der Waals surface area contributed by atoms with Crippen LogP contribution < -0.4 is 10.1 Å². The van der Waals surface area contributed by atoms with Gasteiger partial charge >= 0.3 is 0 Å². The average molecular weight is 262 g/mol. The van der Waals surface area contributed by atoms with E-state index in [4.69, 9.17) is 4.74 Å². The monoisotopic (exact) mass is 262 g/mol. The molecule has 0 fully saturated rings. The van der Waals surface area contributed by atoms with Crippen molar-refractivity contribution in [3.05, 3.63) is 45.9 Å². The van der Waals surface area contributed by atoms with Crippen LogP contribution in [0.4, 0.5) is 0 Å². The van der Waals surface area contributed by atoms with E-state index in [2.05, 4.69) is 36.3 Å². The van der Waals surface area contributed by atoms with Crippen molar-refractivity contribution in [2.45, 2.75) is 26.4 Å². The fourth-order valence-corrected chi connectivity index (χ4v) is 2.47.